The number of halogens is 2. The number of nitrogens with one attached hydrogen (secondary N) is 1. The van der Waals surface area contributed by atoms with Crippen LogP contribution in [0.5, 0.6) is 0 Å². The molecule has 1 aromatic carbocycles. The predicted octanol–water partition coefficient (Wildman–Crippen LogP) is 4.03. The molecule has 3 rings (SSSR count). The number of carbonyl (C=O) groups excluding carboxylic acids is 1. The number of nitrogens with zero attached hydrogens (tertiary/aromatic N) is 3. The van der Waals surface area contributed by atoms with E-state index in [1.165, 1.54) is 19.3 Å². The molecule has 7 heteroatoms. The van der Waals surface area contributed by atoms with Crippen molar-refractivity contribution < 1.29 is 4.79 Å². The Bertz CT molecular complexity index is 700. The van der Waals surface area contributed by atoms with Crippen LogP contribution in [-0.4, -0.2) is 29.2 Å². The van der Waals surface area contributed by atoms with Gasteiger partial charge in [0.1, 0.15) is 0 Å². The minimum atomic E-state index is -0.355. The average Bonchev–Trinajstić information content (AvgIpc) is 2.58. The van der Waals surface area contributed by atoms with E-state index in [1.54, 1.807) is 24.3 Å². The minimum absolute atomic E-state index is 0.247. The predicted molar refractivity (Wildman–Crippen MR) is 92.5 cm³/mol. The molecule has 0 bridgehead atoms. The third kappa shape index (κ3) is 3.92. The van der Waals surface area contributed by atoms with Gasteiger partial charge >= 0.3 is 0 Å². The average molecular weight is 351 g/mol. The van der Waals surface area contributed by atoms with Crippen LogP contribution in [0.4, 0.5) is 11.5 Å². The Labute approximate surface area is 144 Å². The highest BCUT2D eigenvalue weighted by molar-refractivity contribution is 6.36. The Morgan fingerprint density at radius 2 is 1.83 bits per heavy atom. The number of hydrogen-bond donors (Lipinski definition) is 1. The van der Waals surface area contributed by atoms with Crippen LogP contribution >= 0.6 is 23.2 Å². The van der Waals surface area contributed by atoms with Crippen molar-refractivity contribution >= 4 is 40.6 Å². The largest absolute Gasteiger partial charge is 0.355 e. The summed E-state index contributed by atoms with van der Waals surface area (Å²) in [5, 5.41) is 11.8. The summed E-state index contributed by atoms with van der Waals surface area (Å²) in [4.78, 5) is 14.4. The zero-order valence-corrected chi connectivity index (χ0v) is 13.9. The van der Waals surface area contributed by atoms with E-state index in [4.69, 9.17) is 23.2 Å². The Hall–Kier alpha value is -1.85. The highest BCUT2D eigenvalue weighted by Gasteiger charge is 2.15. The third-order valence-electron chi connectivity index (χ3n) is 3.74. The summed E-state index contributed by atoms with van der Waals surface area (Å²) in [7, 11) is 0. The summed E-state index contributed by atoms with van der Waals surface area (Å²) in [6, 6.07) is 8.39. The standard InChI is InChI=1S/C16H16Cl2N4O/c17-11-4-5-13(12(18)10-11)19-16(23)14-6-7-15(21-20-14)22-8-2-1-3-9-22/h4-7,10H,1-3,8-9H2,(H,19,23). The minimum Gasteiger partial charge on any atom is -0.355 e. The van der Waals surface area contributed by atoms with Gasteiger partial charge in [0.2, 0.25) is 0 Å². The second kappa shape index (κ2) is 7.15. The molecule has 1 aromatic heterocycles. The van der Waals surface area contributed by atoms with Crippen LogP contribution in [0.3, 0.4) is 0 Å². The fourth-order valence-electron chi connectivity index (χ4n) is 2.52. The number of aromatic nitrogens is 2. The first-order valence-electron chi connectivity index (χ1n) is 7.48. The van der Waals surface area contributed by atoms with Gasteiger partial charge in [0, 0.05) is 18.1 Å². The van der Waals surface area contributed by atoms with E-state index in [9.17, 15) is 4.79 Å². The summed E-state index contributed by atoms with van der Waals surface area (Å²) in [6.07, 6.45) is 3.59. The molecular formula is C16H16Cl2N4O. The van der Waals surface area contributed by atoms with Gasteiger partial charge < -0.3 is 10.2 Å². The van der Waals surface area contributed by atoms with Crippen molar-refractivity contribution in [2.24, 2.45) is 0 Å². The van der Waals surface area contributed by atoms with E-state index >= 15 is 0 Å². The molecule has 5 nitrogen and oxygen atoms in total. The summed E-state index contributed by atoms with van der Waals surface area (Å²) < 4.78 is 0. The summed E-state index contributed by atoms with van der Waals surface area (Å²) in [6.45, 7) is 1.97. The van der Waals surface area contributed by atoms with E-state index in [-0.39, 0.29) is 11.6 Å². The lowest BCUT2D eigenvalue weighted by atomic mass is 10.1. The first-order valence-corrected chi connectivity index (χ1v) is 8.24. The molecule has 1 amide bonds. The molecule has 2 heterocycles. The van der Waals surface area contributed by atoms with Crippen LogP contribution in [0.25, 0.3) is 0 Å². The number of piperidine rings is 1. The zero-order valence-electron chi connectivity index (χ0n) is 12.4. The maximum Gasteiger partial charge on any atom is 0.276 e. The van der Waals surface area contributed by atoms with E-state index in [0.29, 0.717) is 15.7 Å². The lowest BCUT2D eigenvalue weighted by molar-refractivity contribution is 0.102. The molecule has 0 saturated carbocycles. The van der Waals surface area contributed by atoms with E-state index in [0.717, 1.165) is 18.9 Å². The van der Waals surface area contributed by atoms with Crippen molar-refractivity contribution in [2.45, 2.75) is 19.3 Å². The summed E-state index contributed by atoms with van der Waals surface area (Å²) >= 11 is 11.9. The second-order valence-electron chi connectivity index (χ2n) is 5.40. The number of anilines is 2. The molecule has 0 atom stereocenters. The van der Waals surface area contributed by atoms with Gasteiger partial charge in [-0.2, -0.15) is 0 Å². The number of rotatable bonds is 3. The molecule has 120 valence electrons. The topological polar surface area (TPSA) is 58.1 Å². The molecule has 23 heavy (non-hydrogen) atoms. The third-order valence-corrected chi connectivity index (χ3v) is 4.29. The highest BCUT2D eigenvalue weighted by atomic mass is 35.5. The zero-order chi connectivity index (χ0) is 16.2. The Kier molecular flexibility index (Phi) is 4.98. The second-order valence-corrected chi connectivity index (χ2v) is 6.25. The summed E-state index contributed by atoms with van der Waals surface area (Å²) in [5.74, 6) is 0.456. The number of benzene rings is 1. The van der Waals surface area contributed by atoms with E-state index in [1.807, 2.05) is 6.07 Å². The van der Waals surface area contributed by atoms with Crippen LogP contribution in [-0.2, 0) is 0 Å². The Balaban J connectivity index is 1.69. The van der Waals surface area contributed by atoms with Gasteiger partial charge in [-0.3, -0.25) is 4.79 Å². The molecule has 0 radical (unpaired) electrons. The van der Waals surface area contributed by atoms with Crippen molar-refractivity contribution in [3.63, 3.8) is 0 Å². The molecular weight excluding hydrogens is 335 g/mol. The molecule has 0 unspecified atom stereocenters. The van der Waals surface area contributed by atoms with Gasteiger partial charge in [0.25, 0.3) is 5.91 Å². The van der Waals surface area contributed by atoms with Gasteiger partial charge in [-0.25, -0.2) is 0 Å². The maximum absolute atomic E-state index is 12.2. The molecule has 0 spiro atoms. The van der Waals surface area contributed by atoms with Crippen molar-refractivity contribution in [3.05, 3.63) is 46.1 Å². The smallest absolute Gasteiger partial charge is 0.276 e. The number of carbonyl (C=O) groups is 1. The van der Waals surface area contributed by atoms with Gasteiger partial charge in [0.05, 0.1) is 10.7 Å². The molecule has 1 saturated heterocycles. The Morgan fingerprint density at radius 1 is 1.04 bits per heavy atom. The van der Waals surface area contributed by atoms with Crippen LogP contribution in [0, 0.1) is 0 Å². The normalized spacial score (nSPS) is 14.6. The molecule has 1 fully saturated rings. The van der Waals surface area contributed by atoms with E-state index in [2.05, 4.69) is 20.4 Å². The fourth-order valence-corrected chi connectivity index (χ4v) is 2.97. The van der Waals surface area contributed by atoms with Gasteiger partial charge in [-0.15, -0.1) is 10.2 Å². The highest BCUT2D eigenvalue weighted by Crippen LogP contribution is 2.25. The molecule has 1 aliphatic rings. The van der Waals surface area contributed by atoms with Crippen molar-refractivity contribution in [1.82, 2.24) is 10.2 Å². The van der Waals surface area contributed by atoms with E-state index < -0.39 is 0 Å². The quantitative estimate of drug-likeness (QED) is 0.907. The number of hydrogen-bond acceptors (Lipinski definition) is 4. The molecule has 1 aliphatic heterocycles. The maximum atomic E-state index is 12.2. The lowest BCUT2D eigenvalue weighted by Gasteiger charge is -2.27. The van der Waals surface area contributed by atoms with Crippen molar-refractivity contribution in [1.29, 1.82) is 0 Å². The Morgan fingerprint density at radius 3 is 2.48 bits per heavy atom. The SMILES string of the molecule is O=C(Nc1ccc(Cl)cc1Cl)c1ccc(N2CCCCC2)nn1. The van der Waals surface area contributed by atoms with Crippen molar-refractivity contribution in [2.75, 3.05) is 23.3 Å². The molecule has 1 N–H and O–H groups in total. The van der Waals surface area contributed by atoms with Crippen LogP contribution in [0.15, 0.2) is 30.3 Å². The molecule has 0 aliphatic carbocycles. The van der Waals surface area contributed by atoms with Crippen LogP contribution in [0.1, 0.15) is 29.8 Å². The van der Waals surface area contributed by atoms with Gasteiger partial charge in [-0.1, -0.05) is 23.2 Å². The van der Waals surface area contributed by atoms with Crippen LogP contribution < -0.4 is 10.2 Å². The van der Waals surface area contributed by atoms with Gasteiger partial charge in [0.15, 0.2) is 11.5 Å². The summed E-state index contributed by atoms with van der Waals surface area (Å²) in [5.41, 5.74) is 0.736. The van der Waals surface area contributed by atoms with Crippen molar-refractivity contribution in [3.8, 4) is 0 Å². The van der Waals surface area contributed by atoms with Crippen LogP contribution in [0.2, 0.25) is 10.0 Å². The fraction of sp³-hybridized carbons (Fsp3) is 0.312. The van der Waals surface area contributed by atoms with Gasteiger partial charge in [-0.05, 0) is 49.6 Å². The molecule has 2 aromatic rings. The monoisotopic (exact) mass is 350 g/mol. The first-order chi connectivity index (χ1) is 11.1. The number of amides is 1. The lowest BCUT2D eigenvalue weighted by Crippen LogP contribution is -2.30. The first kappa shape index (κ1) is 16.0.